The normalized spacial score (nSPS) is 23.1. The number of amides is 1. The molecule has 0 saturated carbocycles. The molecule has 1 aromatic carbocycles. The molecule has 1 amide bonds. The lowest BCUT2D eigenvalue weighted by atomic mass is 9.84. The monoisotopic (exact) mass is 345 g/mol. The fourth-order valence-electron chi connectivity index (χ4n) is 4.14. The average Bonchev–Trinajstić information content (AvgIpc) is 2.68. The van der Waals surface area contributed by atoms with Crippen molar-refractivity contribution in [2.45, 2.75) is 43.7 Å². The smallest absolute Gasteiger partial charge is 0.253 e. The quantitative estimate of drug-likeness (QED) is 0.854. The number of carbonyl (C=O) groups excluding carboxylic acids is 1. The highest BCUT2D eigenvalue weighted by atomic mass is 16.3. The minimum atomic E-state index is -1.09. The molecule has 5 nitrogen and oxygen atoms in total. The molecule has 2 saturated heterocycles. The molecule has 2 heterocycles. The van der Waals surface area contributed by atoms with Crippen LogP contribution in [0.15, 0.2) is 30.3 Å². The van der Waals surface area contributed by atoms with Gasteiger partial charge in [-0.05, 0) is 64.5 Å². The Morgan fingerprint density at radius 2 is 1.76 bits per heavy atom. The summed E-state index contributed by atoms with van der Waals surface area (Å²) in [5.74, 6) is -0.290. The van der Waals surface area contributed by atoms with Crippen molar-refractivity contribution >= 4 is 5.91 Å². The van der Waals surface area contributed by atoms with Crippen LogP contribution in [0.3, 0.4) is 0 Å². The highest BCUT2D eigenvalue weighted by Gasteiger charge is 2.40. The highest BCUT2D eigenvalue weighted by molar-refractivity contribution is 5.81. The van der Waals surface area contributed by atoms with E-state index >= 15 is 0 Å². The molecule has 138 valence electrons. The molecule has 0 aromatic heterocycles. The summed E-state index contributed by atoms with van der Waals surface area (Å²) in [5, 5.41) is 13.4. The number of hydrogen-bond acceptors (Lipinski definition) is 4. The molecule has 0 bridgehead atoms. The second-order valence-electron chi connectivity index (χ2n) is 7.61. The summed E-state index contributed by atoms with van der Waals surface area (Å²) in [6.45, 7) is 5.01. The van der Waals surface area contributed by atoms with Crippen molar-refractivity contribution in [1.82, 2.24) is 15.1 Å². The predicted octanol–water partition coefficient (Wildman–Crippen LogP) is 1.79. The Labute approximate surface area is 151 Å². The first kappa shape index (κ1) is 18.4. The van der Waals surface area contributed by atoms with Crippen LogP contribution in [-0.2, 0) is 4.79 Å². The van der Waals surface area contributed by atoms with Gasteiger partial charge in [-0.25, -0.2) is 0 Å². The lowest BCUT2D eigenvalue weighted by Crippen LogP contribution is -2.61. The van der Waals surface area contributed by atoms with E-state index in [2.05, 4.69) is 22.2 Å². The number of piperidine rings is 2. The van der Waals surface area contributed by atoms with Gasteiger partial charge in [-0.3, -0.25) is 9.69 Å². The van der Waals surface area contributed by atoms with E-state index in [0.717, 1.165) is 39.0 Å². The molecule has 5 heteroatoms. The Bertz CT molecular complexity index is 549. The maximum Gasteiger partial charge on any atom is 0.253 e. The molecular weight excluding hydrogens is 314 g/mol. The summed E-state index contributed by atoms with van der Waals surface area (Å²) >= 11 is 0. The maximum absolute atomic E-state index is 12.5. The van der Waals surface area contributed by atoms with Crippen LogP contribution >= 0.6 is 0 Å². The number of nitrogens with zero attached hydrogens (tertiary/aromatic N) is 2. The molecule has 1 aromatic rings. The van der Waals surface area contributed by atoms with Gasteiger partial charge in [0.2, 0.25) is 0 Å². The number of benzene rings is 1. The van der Waals surface area contributed by atoms with Gasteiger partial charge in [0.25, 0.3) is 5.91 Å². The van der Waals surface area contributed by atoms with Gasteiger partial charge in [0.05, 0.1) is 0 Å². The average molecular weight is 345 g/mol. The molecule has 3 rings (SSSR count). The minimum Gasteiger partial charge on any atom is -0.378 e. The second kappa shape index (κ2) is 8.30. The fraction of sp³-hybridized carbons (Fsp3) is 0.650. The zero-order chi connectivity index (χ0) is 17.7. The standard InChI is InChI=1S/C20H31N3O2/c1-22-14-10-20(11-15-22,23-12-6-3-7-13-23)16-21-19(25)18(24)17-8-4-2-5-9-17/h2,4-5,8-9,18,24H,3,6-7,10-16H2,1H3,(H,21,25). The van der Waals surface area contributed by atoms with Crippen LogP contribution in [0.4, 0.5) is 0 Å². The third-order valence-electron chi connectivity index (χ3n) is 5.90. The van der Waals surface area contributed by atoms with Crippen molar-refractivity contribution in [3.05, 3.63) is 35.9 Å². The number of aliphatic hydroxyl groups excluding tert-OH is 1. The number of nitrogens with one attached hydrogen (secondary N) is 1. The summed E-state index contributed by atoms with van der Waals surface area (Å²) in [7, 11) is 2.16. The van der Waals surface area contributed by atoms with Crippen LogP contribution < -0.4 is 5.32 Å². The van der Waals surface area contributed by atoms with E-state index in [9.17, 15) is 9.90 Å². The van der Waals surface area contributed by atoms with Gasteiger partial charge in [-0.1, -0.05) is 36.8 Å². The Balaban J connectivity index is 1.65. The van der Waals surface area contributed by atoms with Crippen LogP contribution in [-0.4, -0.2) is 66.1 Å². The first-order valence-corrected chi connectivity index (χ1v) is 9.55. The minimum absolute atomic E-state index is 0.0407. The van der Waals surface area contributed by atoms with Gasteiger partial charge in [0, 0.05) is 12.1 Å². The Kier molecular flexibility index (Phi) is 6.10. The maximum atomic E-state index is 12.5. The first-order chi connectivity index (χ1) is 12.1. The number of rotatable bonds is 5. The van der Waals surface area contributed by atoms with Gasteiger partial charge in [0.15, 0.2) is 6.10 Å². The third-order valence-corrected chi connectivity index (χ3v) is 5.90. The summed E-state index contributed by atoms with van der Waals surface area (Å²) in [6.07, 6.45) is 4.86. The molecule has 2 aliphatic heterocycles. The van der Waals surface area contributed by atoms with E-state index in [1.165, 1.54) is 19.3 Å². The molecular formula is C20H31N3O2. The molecule has 25 heavy (non-hydrogen) atoms. The van der Waals surface area contributed by atoms with Crippen LogP contribution in [0, 0.1) is 0 Å². The molecule has 2 fully saturated rings. The third kappa shape index (κ3) is 4.40. The zero-order valence-electron chi connectivity index (χ0n) is 15.3. The molecule has 2 aliphatic rings. The highest BCUT2D eigenvalue weighted by Crippen LogP contribution is 2.31. The van der Waals surface area contributed by atoms with E-state index < -0.39 is 6.10 Å². The van der Waals surface area contributed by atoms with E-state index in [-0.39, 0.29) is 11.4 Å². The number of likely N-dealkylation sites (tertiary alicyclic amines) is 2. The number of hydrogen-bond donors (Lipinski definition) is 2. The van der Waals surface area contributed by atoms with E-state index in [1.807, 2.05) is 18.2 Å². The predicted molar refractivity (Wildman–Crippen MR) is 99.3 cm³/mol. The van der Waals surface area contributed by atoms with E-state index in [1.54, 1.807) is 12.1 Å². The van der Waals surface area contributed by atoms with Gasteiger partial charge in [-0.2, -0.15) is 0 Å². The van der Waals surface area contributed by atoms with Crippen LogP contribution in [0.1, 0.15) is 43.8 Å². The Hall–Kier alpha value is -1.43. The Morgan fingerprint density at radius 3 is 2.40 bits per heavy atom. The van der Waals surface area contributed by atoms with Crippen molar-refractivity contribution in [3.8, 4) is 0 Å². The van der Waals surface area contributed by atoms with Crippen LogP contribution in [0.25, 0.3) is 0 Å². The van der Waals surface area contributed by atoms with Crippen molar-refractivity contribution in [2.24, 2.45) is 0 Å². The van der Waals surface area contributed by atoms with E-state index in [0.29, 0.717) is 12.1 Å². The fourth-order valence-corrected chi connectivity index (χ4v) is 4.14. The topological polar surface area (TPSA) is 55.8 Å². The van der Waals surface area contributed by atoms with Crippen molar-refractivity contribution in [3.63, 3.8) is 0 Å². The van der Waals surface area contributed by atoms with Crippen molar-refractivity contribution in [2.75, 3.05) is 39.8 Å². The summed E-state index contributed by atoms with van der Waals surface area (Å²) < 4.78 is 0. The second-order valence-corrected chi connectivity index (χ2v) is 7.61. The van der Waals surface area contributed by atoms with Crippen LogP contribution in [0.5, 0.6) is 0 Å². The van der Waals surface area contributed by atoms with Gasteiger partial charge >= 0.3 is 0 Å². The first-order valence-electron chi connectivity index (χ1n) is 9.55. The largest absolute Gasteiger partial charge is 0.378 e. The molecule has 1 unspecified atom stereocenters. The molecule has 0 aliphatic carbocycles. The zero-order valence-corrected chi connectivity index (χ0v) is 15.3. The lowest BCUT2D eigenvalue weighted by molar-refractivity contribution is -0.130. The van der Waals surface area contributed by atoms with E-state index in [4.69, 9.17) is 0 Å². The number of carbonyl (C=O) groups is 1. The van der Waals surface area contributed by atoms with Gasteiger partial charge < -0.3 is 15.3 Å². The van der Waals surface area contributed by atoms with Crippen molar-refractivity contribution < 1.29 is 9.90 Å². The summed E-state index contributed by atoms with van der Waals surface area (Å²) in [4.78, 5) is 17.4. The summed E-state index contributed by atoms with van der Waals surface area (Å²) in [6, 6.07) is 9.16. The van der Waals surface area contributed by atoms with Crippen molar-refractivity contribution in [1.29, 1.82) is 0 Å². The molecule has 0 radical (unpaired) electrons. The molecule has 1 atom stereocenters. The van der Waals surface area contributed by atoms with Gasteiger partial charge in [-0.15, -0.1) is 0 Å². The SMILES string of the molecule is CN1CCC(CNC(=O)C(O)c2ccccc2)(N2CCCCC2)CC1. The lowest BCUT2D eigenvalue weighted by Gasteiger charge is -2.50. The van der Waals surface area contributed by atoms with Gasteiger partial charge in [0.1, 0.15) is 0 Å². The molecule has 2 N–H and O–H groups in total. The van der Waals surface area contributed by atoms with Crippen LogP contribution in [0.2, 0.25) is 0 Å². The molecule has 0 spiro atoms. The summed E-state index contributed by atoms with van der Waals surface area (Å²) in [5.41, 5.74) is 0.689. The number of aliphatic hydroxyl groups is 1. The Morgan fingerprint density at radius 1 is 1.12 bits per heavy atom.